The number of rotatable bonds is 3. The topological polar surface area (TPSA) is 76.3 Å². The quantitative estimate of drug-likeness (QED) is 0.752. The van der Waals surface area contributed by atoms with Crippen LogP contribution in [0.15, 0.2) is 53.3 Å². The molecule has 0 saturated carbocycles. The predicted molar refractivity (Wildman–Crippen MR) is 94.2 cm³/mol. The first-order chi connectivity index (χ1) is 12.1. The Morgan fingerprint density at radius 2 is 1.84 bits per heavy atom. The number of para-hydroxylation sites is 2. The van der Waals surface area contributed by atoms with Crippen molar-refractivity contribution in [2.24, 2.45) is 7.05 Å². The highest BCUT2D eigenvalue weighted by Gasteiger charge is 2.32. The Labute approximate surface area is 144 Å². The summed E-state index contributed by atoms with van der Waals surface area (Å²) >= 11 is 0. The van der Waals surface area contributed by atoms with E-state index in [1.807, 2.05) is 48.5 Å². The maximum absolute atomic E-state index is 12.5. The summed E-state index contributed by atoms with van der Waals surface area (Å²) in [6.07, 6.45) is -0.124. The fraction of sp³-hybridized carbons (Fsp3) is 0.263. The minimum Gasteiger partial charge on any atom is -0.390 e. The molecule has 6 nitrogen and oxygen atoms in total. The highest BCUT2D eigenvalue weighted by molar-refractivity contribution is 5.81. The molecule has 25 heavy (non-hydrogen) atoms. The van der Waals surface area contributed by atoms with Crippen LogP contribution in [0.25, 0.3) is 11.0 Å². The Morgan fingerprint density at radius 1 is 1.16 bits per heavy atom. The molecule has 2 atom stereocenters. The average molecular weight is 337 g/mol. The third-order valence-electron chi connectivity index (χ3n) is 4.87. The number of carbonyl (C=O) groups is 1. The van der Waals surface area contributed by atoms with E-state index in [4.69, 9.17) is 0 Å². The highest BCUT2D eigenvalue weighted by atomic mass is 16.3. The van der Waals surface area contributed by atoms with E-state index in [-0.39, 0.29) is 18.1 Å². The van der Waals surface area contributed by atoms with Gasteiger partial charge in [-0.3, -0.25) is 13.9 Å². The number of amides is 1. The number of hydrogen-bond acceptors (Lipinski definition) is 3. The van der Waals surface area contributed by atoms with Gasteiger partial charge in [-0.25, -0.2) is 4.79 Å². The third-order valence-corrected chi connectivity index (χ3v) is 4.87. The zero-order valence-corrected chi connectivity index (χ0v) is 13.8. The maximum atomic E-state index is 12.5. The minimum absolute atomic E-state index is 0.0778. The molecule has 4 rings (SSSR count). The molecule has 1 heterocycles. The van der Waals surface area contributed by atoms with Crippen LogP contribution in [0.1, 0.15) is 17.2 Å². The van der Waals surface area contributed by atoms with Crippen molar-refractivity contribution in [2.75, 3.05) is 0 Å². The Balaban J connectivity index is 1.60. The van der Waals surface area contributed by atoms with E-state index in [1.54, 1.807) is 7.05 Å². The van der Waals surface area contributed by atoms with Gasteiger partial charge in [0.2, 0.25) is 5.91 Å². The zero-order valence-electron chi connectivity index (χ0n) is 13.8. The molecule has 1 amide bonds. The van der Waals surface area contributed by atoms with Crippen LogP contribution >= 0.6 is 0 Å². The lowest BCUT2D eigenvalue weighted by atomic mass is 10.1. The maximum Gasteiger partial charge on any atom is 0.329 e. The summed E-state index contributed by atoms with van der Waals surface area (Å²) in [5.41, 5.74) is 3.25. The van der Waals surface area contributed by atoms with Crippen molar-refractivity contribution < 1.29 is 9.90 Å². The molecular weight excluding hydrogens is 318 g/mol. The Morgan fingerprint density at radius 3 is 2.64 bits per heavy atom. The Kier molecular flexibility index (Phi) is 3.69. The highest BCUT2D eigenvalue weighted by Crippen LogP contribution is 2.31. The average Bonchev–Trinajstić information content (AvgIpc) is 3.05. The van der Waals surface area contributed by atoms with E-state index in [2.05, 4.69) is 5.32 Å². The molecule has 0 saturated heterocycles. The van der Waals surface area contributed by atoms with Gasteiger partial charge >= 0.3 is 5.69 Å². The van der Waals surface area contributed by atoms with E-state index in [9.17, 15) is 14.7 Å². The molecule has 1 aromatic heterocycles. The lowest BCUT2D eigenvalue weighted by Gasteiger charge is -2.18. The number of nitrogens with one attached hydrogen (secondary N) is 1. The number of nitrogens with zero attached hydrogens (tertiary/aromatic N) is 2. The molecule has 2 aromatic carbocycles. The number of aliphatic hydroxyl groups excluding tert-OH is 1. The molecule has 1 aliphatic carbocycles. The monoisotopic (exact) mass is 337 g/mol. The first-order valence-corrected chi connectivity index (χ1v) is 8.26. The van der Waals surface area contributed by atoms with Crippen LogP contribution in [0.5, 0.6) is 0 Å². The number of aromatic nitrogens is 2. The normalized spacial score (nSPS) is 19.1. The van der Waals surface area contributed by atoms with Gasteiger partial charge in [0.15, 0.2) is 0 Å². The summed E-state index contributed by atoms with van der Waals surface area (Å²) in [5.74, 6) is -0.292. The largest absolute Gasteiger partial charge is 0.390 e. The summed E-state index contributed by atoms with van der Waals surface area (Å²) in [6, 6.07) is 14.6. The van der Waals surface area contributed by atoms with Crippen LogP contribution in [0.3, 0.4) is 0 Å². The number of hydrogen-bond donors (Lipinski definition) is 2. The predicted octanol–water partition coefficient (Wildman–Crippen LogP) is 1.11. The van der Waals surface area contributed by atoms with E-state index < -0.39 is 12.1 Å². The molecule has 0 bridgehead atoms. The van der Waals surface area contributed by atoms with Gasteiger partial charge in [-0.05, 0) is 23.3 Å². The van der Waals surface area contributed by atoms with Crippen LogP contribution < -0.4 is 11.0 Å². The second-order valence-electron chi connectivity index (χ2n) is 6.43. The fourth-order valence-electron chi connectivity index (χ4n) is 3.63. The SMILES string of the molecule is Cn1c(=O)n(CC(=O)NC2c3ccccc3CC2O)c2ccccc21. The number of aryl methyl sites for hydroxylation is 1. The van der Waals surface area contributed by atoms with Gasteiger partial charge in [0.05, 0.1) is 23.2 Å². The minimum atomic E-state index is -0.648. The Bertz CT molecular complexity index is 1020. The first kappa shape index (κ1) is 15.7. The van der Waals surface area contributed by atoms with E-state index in [0.29, 0.717) is 6.42 Å². The summed E-state index contributed by atoms with van der Waals surface area (Å²) in [6.45, 7) is -0.0778. The lowest BCUT2D eigenvalue weighted by molar-refractivity contribution is -0.123. The molecule has 128 valence electrons. The summed E-state index contributed by atoms with van der Waals surface area (Å²) in [7, 11) is 1.69. The molecule has 1 aliphatic rings. The van der Waals surface area contributed by atoms with E-state index in [1.165, 1.54) is 9.13 Å². The van der Waals surface area contributed by atoms with Gasteiger partial charge < -0.3 is 10.4 Å². The number of imidazole rings is 1. The zero-order chi connectivity index (χ0) is 17.6. The van der Waals surface area contributed by atoms with Gasteiger partial charge in [0.1, 0.15) is 6.54 Å². The van der Waals surface area contributed by atoms with Crippen LogP contribution in [-0.4, -0.2) is 26.3 Å². The number of carbonyl (C=O) groups excluding carboxylic acids is 1. The van der Waals surface area contributed by atoms with Crippen LogP contribution in [0.2, 0.25) is 0 Å². The molecule has 0 spiro atoms. The molecule has 0 fully saturated rings. The molecule has 6 heteroatoms. The van der Waals surface area contributed by atoms with Crippen LogP contribution in [0, 0.1) is 0 Å². The number of fused-ring (bicyclic) bond motifs is 2. The van der Waals surface area contributed by atoms with Gasteiger partial charge in [0, 0.05) is 13.5 Å². The van der Waals surface area contributed by atoms with Crippen molar-refractivity contribution in [3.05, 3.63) is 70.1 Å². The second kappa shape index (κ2) is 5.89. The molecule has 0 aliphatic heterocycles. The fourth-order valence-corrected chi connectivity index (χ4v) is 3.63. The molecular formula is C19H19N3O3. The number of aliphatic hydroxyl groups is 1. The summed E-state index contributed by atoms with van der Waals surface area (Å²) in [4.78, 5) is 25.0. The lowest BCUT2D eigenvalue weighted by Crippen LogP contribution is -2.38. The van der Waals surface area contributed by atoms with Crippen LogP contribution in [0.4, 0.5) is 0 Å². The third kappa shape index (κ3) is 2.55. The smallest absolute Gasteiger partial charge is 0.329 e. The van der Waals surface area contributed by atoms with Crippen molar-refractivity contribution >= 4 is 16.9 Å². The second-order valence-corrected chi connectivity index (χ2v) is 6.43. The summed E-state index contributed by atoms with van der Waals surface area (Å²) in [5, 5.41) is 13.1. The van der Waals surface area contributed by atoms with Gasteiger partial charge in [0.25, 0.3) is 0 Å². The van der Waals surface area contributed by atoms with Gasteiger partial charge in [-0.2, -0.15) is 0 Å². The molecule has 2 N–H and O–H groups in total. The molecule has 2 unspecified atom stereocenters. The van der Waals surface area contributed by atoms with Gasteiger partial charge in [-0.15, -0.1) is 0 Å². The van der Waals surface area contributed by atoms with Crippen molar-refractivity contribution in [1.82, 2.24) is 14.5 Å². The van der Waals surface area contributed by atoms with Crippen molar-refractivity contribution in [3.8, 4) is 0 Å². The molecule has 3 aromatic rings. The van der Waals surface area contributed by atoms with Crippen LogP contribution in [-0.2, 0) is 24.8 Å². The van der Waals surface area contributed by atoms with Crippen molar-refractivity contribution in [1.29, 1.82) is 0 Å². The van der Waals surface area contributed by atoms with E-state index >= 15 is 0 Å². The standard InChI is InChI=1S/C19H19N3O3/c1-21-14-8-4-5-9-15(14)22(19(21)25)11-17(24)20-18-13-7-3-2-6-12(13)10-16(18)23/h2-9,16,18,23H,10-11H2,1H3,(H,20,24). The van der Waals surface area contributed by atoms with Crippen molar-refractivity contribution in [2.45, 2.75) is 25.1 Å². The van der Waals surface area contributed by atoms with Crippen molar-refractivity contribution in [3.63, 3.8) is 0 Å². The Hall–Kier alpha value is -2.86. The first-order valence-electron chi connectivity index (χ1n) is 8.26. The number of benzene rings is 2. The molecule has 0 radical (unpaired) electrons. The van der Waals surface area contributed by atoms with E-state index in [0.717, 1.165) is 22.2 Å². The van der Waals surface area contributed by atoms with Gasteiger partial charge in [-0.1, -0.05) is 36.4 Å². The summed E-state index contributed by atoms with van der Waals surface area (Å²) < 4.78 is 2.99.